The maximum absolute atomic E-state index is 11.9. The van der Waals surface area contributed by atoms with Gasteiger partial charge >= 0.3 is 0 Å². The molecule has 17 heavy (non-hydrogen) atoms. The summed E-state index contributed by atoms with van der Waals surface area (Å²) >= 11 is 0. The second kappa shape index (κ2) is 4.57. The molecule has 4 nitrogen and oxygen atoms in total. The van der Waals surface area contributed by atoms with Crippen LogP contribution in [0.3, 0.4) is 0 Å². The molecule has 2 amide bonds. The third-order valence-corrected chi connectivity index (χ3v) is 3.22. The predicted octanol–water partition coefficient (Wildman–Crippen LogP) is 2.59. The topological polar surface area (TPSA) is 72.2 Å². The fraction of sp³-hybridized carbons (Fsp3) is 0.111. The molecule has 1 aromatic rings. The van der Waals surface area contributed by atoms with E-state index >= 15 is 0 Å². The first-order valence-electron chi connectivity index (χ1n) is 4.45. The van der Waals surface area contributed by atoms with Crippen LogP contribution in [0.25, 0.3) is 0 Å². The average molecular weight is 318 g/mol. The second-order valence-electron chi connectivity index (χ2n) is 3.53. The smallest absolute Gasteiger partial charge is 0.261 e. The summed E-state index contributed by atoms with van der Waals surface area (Å²) in [6.07, 6.45) is 1.32. The second-order valence-corrected chi connectivity index (χ2v) is 15.3. The molecule has 96 valence electrons. The minimum atomic E-state index is -3.76. The fourth-order valence-corrected chi connectivity index (χ4v) is 2.42. The molecule has 1 rings (SSSR count). The number of halogens is 3. The minimum Gasteiger partial charge on any atom is -0.366 e. The quantitative estimate of drug-likeness (QED) is 0.750. The van der Waals surface area contributed by atoms with Crippen molar-refractivity contribution in [2.75, 3.05) is 6.26 Å². The van der Waals surface area contributed by atoms with Gasteiger partial charge < -0.3 is 5.73 Å². The molecule has 0 bridgehead atoms. The van der Waals surface area contributed by atoms with Crippen molar-refractivity contribution < 1.29 is 9.59 Å². The van der Waals surface area contributed by atoms with Gasteiger partial charge in [-0.1, -0.05) is 19.1 Å². The van der Waals surface area contributed by atoms with Crippen molar-refractivity contribution in [3.05, 3.63) is 35.4 Å². The molecule has 0 aliphatic carbocycles. The van der Waals surface area contributed by atoms with Gasteiger partial charge in [0.25, 0.3) is 5.91 Å². The van der Waals surface area contributed by atoms with Gasteiger partial charge in [0, 0.05) is 0 Å². The first kappa shape index (κ1) is 14.4. The van der Waals surface area contributed by atoms with Gasteiger partial charge in [-0.3, -0.25) is 14.3 Å². The molecular formula is C9H11Cl3N2O2S. The molecule has 0 spiro atoms. The highest BCUT2D eigenvalue weighted by Crippen LogP contribution is 2.76. The normalized spacial score (nSPS) is 13.5. The van der Waals surface area contributed by atoms with E-state index in [-0.39, 0.29) is 11.1 Å². The molecule has 0 aromatic heterocycles. The van der Waals surface area contributed by atoms with Gasteiger partial charge in [0.2, 0.25) is 5.91 Å². The van der Waals surface area contributed by atoms with E-state index in [1.165, 1.54) is 18.4 Å². The Balaban J connectivity index is 3.10. The van der Waals surface area contributed by atoms with Gasteiger partial charge in [-0.2, -0.15) is 0 Å². The zero-order chi connectivity index (χ0) is 13.3. The summed E-state index contributed by atoms with van der Waals surface area (Å²) in [5.74, 6) is -1.36. The van der Waals surface area contributed by atoms with Crippen LogP contribution in [0.4, 0.5) is 0 Å². The lowest BCUT2D eigenvalue weighted by Crippen LogP contribution is -2.28. The van der Waals surface area contributed by atoms with E-state index < -0.39 is 18.8 Å². The van der Waals surface area contributed by atoms with E-state index in [2.05, 4.69) is 4.72 Å². The summed E-state index contributed by atoms with van der Waals surface area (Å²) in [5, 5.41) is 0. The number of carbonyl (C=O) groups excluding carboxylic acids is 2. The first-order valence-corrected chi connectivity index (χ1v) is 9.85. The molecule has 0 unspecified atom stereocenters. The van der Waals surface area contributed by atoms with Crippen LogP contribution >= 0.6 is 39.0 Å². The number of nitrogens with two attached hydrogens (primary N) is 1. The van der Waals surface area contributed by atoms with Crippen molar-refractivity contribution >= 4 is 50.8 Å². The number of hydrogen-bond acceptors (Lipinski definition) is 2. The van der Waals surface area contributed by atoms with Crippen LogP contribution in [0.1, 0.15) is 20.7 Å². The molecule has 3 N–H and O–H groups in total. The standard InChI is InChI=1S/C9H11Cl3N2O2S/c1-17(10,11,12)14-9(16)7-5-3-2-4-6(7)8(13)15/h2-5,17H,1H3,(H2,13,15)(H,14,16). The SMILES string of the molecule is C[SH](Cl)(Cl)(Cl)NC(=O)c1ccccc1C(N)=O. The number of benzene rings is 1. The lowest BCUT2D eigenvalue weighted by atomic mass is 10.1. The van der Waals surface area contributed by atoms with Crippen molar-refractivity contribution in [1.29, 1.82) is 0 Å². The Kier molecular flexibility index (Phi) is 3.88. The Morgan fingerprint density at radius 3 is 2.06 bits per heavy atom. The summed E-state index contributed by atoms with van der Waals surface area (Å²) < 4.78 is 2.29. The number of amides is 2. The van der Waals surface area contributed by atoms with Gasteiger partial charge in [0.15, 0.2) is 0 Å². The molecule has 0 fully saturated rings. The molecule has 0 aliphatic heterocycles. The Bertz CT molecular complexity index is 475. The Morgan fingerprint density at radius 1 is 1.18 bits per heavy atom. The minimum absolute atomic E-state index is 0.0791. The zero-order valence-electron chi connectivity index (χ0n) is 8.78. The van der Waals surface area contributed by atoms with Gasteiger partial charge in [-0.05, 0) is 50.4 Å². The zero-order valence-corrected chi connectivity index (χ0v) is 11.9. The lowest BCUT2D eigenvalue weighted by molar-refractivity contribution is 0.0957. The predicted molar refractivity (Wildman–Crippen MR) is 74.9 cm³/mol. The average Bonchev–Trinajstić information content (AvgIpc) is 2.13. The van der Waals surface area contributed by atoms with Gasteiger partial charge in [-0.15, -0.1) is 0 Å². The number of primary amides is 1. The van der Waals surface area contributed by atoms with Crippen molar-refractivity contribution in [3.63, 3.8) is 0 Å². The van der Waals surface area contributed by atoms with Gasteiger partial charge in [-0.25, -0.2) is 0 Å². The van der Waals surface area contributed by atoms with Crippen molar-refractivity contribution in [1.82, 2.24) is 4.72 Å². The van der Waals surface area contributed by atoms with Crippen molar-refractivity contribution in [2.24, 2.45) is 5.73 Å². The van der Waals surface area contributed by atoms with E-state index in [0.29, 0.717) is 0 Å². The van der Waals surface area contributed by atoms with Crippen LogP contribution in [0, 0.1) is 0 Å². The van der Waals surface area contributed by atoms with Crippen LogP contribution in [-0.4, -0.2) is 18.1 Å². The first-order chi connectivity index (χ1) is 7.56. The highest BCUT2D eigenvalue weighted by Gasteiger charge is 2.29. The number of thiol groups is 1. The number of nitrogens with one attached hydrogen (secondary N) is 1. The maximum atomic E-state index is 11.9. The highest BCUT2D eigenvalue weighted by molar-refractivity contribution is 8.90. The van der Waals surface area contributed by atoms with E-state index in [1.54, 1.807) is 12.1 Å². The summed E-state index contributed by atoms with van der Waals surface area (Å²) in [6, 6.07) is 6.04. The number of rotatable bonds is 3. The maximum Gasteiger partial charge on any atom is 0.261 e. The molecule has 1 aromatic carbocycles. The Morgan fingerprint density at radius 2 is 1.65 bits per heavy atom. The molecule has 0 aliphatic rings. The highest BCUT2D eigenvalue weighted by atomic mass is 36.2. The molecule has 8 heteroatoms. The van der Waals surface area contributed by atoms with E-state index in [9.17, 15) is 9.59 Å². The Labute approximate surface area is 112 Å². The number of carbonyl (C=O) groups is 2. The van der Waals surface area contributed by atoms with Crippen molar-refractivity contribution in [3.8, 4) is 0 Å². The summed E-state index contributed by atoms with van der Waals surface area (Å²) in [7, 11) is 17.3. The molecule has 0 heterocycles. The Hall–Kier alpha value is -0.620. The molecule has 0 atom stereocenters. The third kappa shape index (κ3) is 4.63. The summed E-state index contributed by atoms with van der Waals surface area (Å²) in [6.45, 7) is -3.76. The third-order valence-electron chi connectivity index (χ3n) is 1.78. The molecule has 0 radical (unpaired) electrons. The van der Waals surface area contributed by atoms with Crippen molar-refractivity contribution in [2.45, 2.75) is 0 Å². The largest absolute Gasteiger partial charge is 0.366 e. The van der Waals surface area contributed by atoms with Crippen LogP contribution in [-0.2, 0) is 0 Å². The van der Waals surface area contributed by atoms with Gasteiger partial charge in [0.1, 0.15) is 0 Å². The fourth-order valence-electron chi connectivity index (χ4n) is 1.17. The van der Waals surface area contributed by atoms with Crippen LogP contribution in [0.2, 0.25) is 0 Å². The summed E-state index contributed by atoms with van der Waals surface area (Å²) in [4.78, 5) is 23.0. The van der Waals surface area contributed by atoms with E-state index in [1.807, 2.05) is 0 Å². The van der Waals surface area contributed by atoms with E-state index in [0.717, 1.165) is 0 Å². The molecule has 0 saturated carbocycles. The van der Waals surface area contributed by atoms with E-state index in [4.69, 9.17) is 37.8 Å². The molecular weight excluding hydrogens is 307 g/mol. The lowest BCUT2D eigenvalue weighted by Gasteiger charge is -2.39. The van der Waals surface area contributed by atoms with Gasteiger partial charge in [0.05, 0.1) is 11.1 Å². The summed E-state index contributed by atoms with van der Waals surface area (Å²) in [5.41, 5.74) is 5.30. The van der Waals surface area contributed by atoms with Crippen LogP contribution < -0.4 is 10.5 Å². The van der Waals surface area contributed by atoms with Crippen LogP contribution in [0.15, 0.2) is 24.3 Å². The molecule has 0 saturated heterocycles. The van der Waals surface area contributed by atoms with Crippen LogP contribution in [0.5, 0.6) is 0 Å². The number of hydrogen-bond donors (Lipinski definition) is 3. The monoisotopic (exact) mass is 316 g/mol.